The standard InChI is InChI=1S/C16H20S.AtSe/c1-13-5-7-14(8-6-13)15-9-11-16(12-10-15)17(2,3)4;1-2/h5-12H,1-4H3;. The van der Waals surface area contributed by atoms with Gasteiger partial charge in [0.05, 0.1) is 0 Å². The first-order valence-electron chi connectivity index (χ1n) is 5.98. The van der Waals surface area contributed by atoms with Gasteiger partial charge in [0.25, 0.3) is 0 Å². The molecule has 0 amide bonds. The molecule has 3 heteroatoms. The van der Waals surface area contributed by atoms with E-state index in [0.717, 1.165) is 0 Å². The Morgan fingerprint density at radius 1 is 0.737 bits per heavy atom. The molecule has 103 valence electrons. The van der Waals surface area contributed by atoms with Crippen LogP contribution >= 0.6 is 10.0 Å². The van der Waals surface area contributed by atoms with Crippen LogP contribution in [0.5, 0.6) is 0 Å². The van der Waals surface area contributed by atoms with Crippen molar-refractivity contribution in [2.24, 2.45) is 0 Å². The van der Waals surface area contributed by atoms with Crippen LogP contribution in [0, 0.1) is 29.3 Å². The Kier molecular flexibility index (Phi) is 7.11. The molecule has 0 atom stereocenters. The molecule has 0 heterocycles. The van der Waals surface area contributed by atoms with Crippen molar-refractivity contribution in [3.05, 3.63) is 54.1 Å². The molecule has 0 saturated carbocycles. The van der Waals surface area contributed by atoms with Gasteiger partial charge in [-0.25, -0.2) is 10.0 Å². The number of hydrogen-bond donors (Lipinski definition) is 0. The second kappa shape index (κ2) is 7.84. The second-order valence-electron chi connectivity index (χ2n) is 5.23. The summed E-state index contributed by atoms with van der Waals surface area (Å²) in [5, 5.41) is 0. The number of rotatable bonds is 2. The van der Waals surface area contributed by atoms with Crippen LogP contribution in [0.3, 0.4) is 0 Å². The number of hydrogen-bond acceptors (Lipinski definition) is 0. The molecule has 0 fully saturated rings. The SMILES string of the molecule is Cc1ccc(-c2ccc(S(C)(C)C)cc2)cc1.[Se][At]. The summed E-state index contributed by atoms with van der Waals surface area (Å²) in [6.45, 7) is 2.12. The van der Waals surface area contributed by atoms with E-state index in [1.165, 1.54) is 21.6 Å². The molecule has 2 aromatic carbocycles. The van der Waals surface area contributed by atoms with E-state index in [-0.39, 0.29) is 0 Å². The molecule has 0 aliphatic carbocycles. The normalized spacial score (nSPS) is 11.5. The zero-order valence-corrected chi connectivity index (χ0v) is 17.3. The molecule has 2 rings (SSSR count). The van der Waals surface area contributed by atoms with Gasteiger partial charge in [-0.05, 0) is 53.8 Å². The first-order valence-corrected chi connectivity index (χ1v) is 15.7. The predicted octanol–water partition coefficient (Wildman–Crippen LogP) is 4.33. The maximum absolute atomic E-state index is 2.68. The zero-order valence-electron chi connectivity index (χ0n) is 11.8. The average molecular weight is 533 g/mol. The van der Waals surface area contributed by atoms with Crippen LogP contribution in [-0.2, 0) is 0 Å². The van der Waals surface area contributed by atoms with Gasteiger partial charge in [-0.3, -0.25) is 0 Å². The van der Waals surface area contributed by atoms with Gasteiger partial charge in [-0.15, -0.1) is 0 Å². The van der Waals surface area contributed by atoms with E-state index in [1.54, 1.807) is 22.3 Å². The van der Waals surface area contributed by atoms with Gasteiger partial charge in [0.2, 0.25) is 0 Å². The van der Waals surface area contributed by atoms with Crippen LogP contribution < -0.4 is 0 Å². The van der Waals surface area contributed by atoms with E-state index in [0.29, 0.717) is 0 Å². The van der Waals surface area contributed by atoms with Gasteiger partial charge in [-0.2, -0.15) is 0 Å². The molecule has 2 aromatic rings. The summed E-state index contributed by atoms with van der Waals surface area (Å²) in [5.74, 6) is 0. The van der Waals surface area contributed by atoms with Crippen molar-refractivity contribution in [1.29, 1.82) is 0 Å². The third-order valence-electron chi connectivity index (χ3n) is 2.95. The van der Waals surface area contributed by atoms with Gasteiger partial charge in [-0.1, -0.05) is 42.0 Å². The Bertz CT molecular complexity index is 498. The molecule has 0 nitrogen and oxygen atoms in total. The first-order chi connectivity index (χ1) is 8.97. The Labute approximate surface area is 139 Å². The molecule has 0 aliphatic heterocycles. The molecular weight excluding hydrogens is 513 g/mol. The summed E-state index contributed by atoms with van der Waals surface area (Å²) in [4.78, 5) is 1.47. The maximum atomic E-state index is 2.68. The molecule has 0 saturated heterocycles. The van der Waals surface area contributed by atoms with Crippen LogP contribution in [-0.4, -0.2) is 31.1 Å². The van der Waals surface area contributed by atoms with E-state index in [1.807, 2.05) is 0 Å². The van der Waals surface area contributed by atoms with Crippen molar-refractivity contribution in [1.82, 2.24) is 0 Å². The Morgan fingerprint density at radius 3 is 1.47 bits per heavy atom. The van der Waals surface area contributed by atoms with E-state index in [9.17, 15) is 0 Å². The van der Waals surface area contributed by atoms with Crippen molar-refractivity contribution in [3.63, 3.8) is 0 Å². The number of benzene rings is 2. The fourth-order valence-electron chi connectivity index (χ4n) is 1.80. The molecule has 19 heavy (non-hydrogen) atoms. The molecule has 0 N–H and O–H groups in total. The fourth-order valence-corrected chi connectivity index (χ4v) is 2.75. The average Bonchev–Trinajstić information content (AvgIpc) is 2.41. The summed E-state index contributed by atoms with van der Waals surface area (Å²) < 4.78 is 0. The molecule has 0 spiro atoms. The van der Waals surface area contributed by atoms with E-state index < -0.39 is 10.0 Å². The topological polar surface area (TPSA) is 0 Å². The molecule has 0 bridgehead atoms. The molecular formula is C16H20AtSSe. The zero-order chi connectivity index (χ0) is 14.5. The summed E-state index contributed by atoms with van der Waals surface area (Å²) in [5.41, 5.74) is 3.91. The van der Waals surface area contributed by atoms with Crippen molar-refractivity contribution >= 4 is 22.3 Å². The summed E-state index contributed by atoms with van der Waals surface area (Å²) in [6.07, 6.45) is 6.98. The van der Waals surface area contributed by atoms with Gasteiger partial charge in [0, 0.05) is 0 Å². The van der Waals surface area contributed by atoms with E-state index in [2.05, 4.69) is 86.5 Å². The fraction of sp³-hybridized carbons (Fsp3) is 0.250. The monoisotopic (exact) mass is 534 g/mol. The van der Waals surface area contributed by atoms with Crippen LogP contribution in [0.15, 0.2) is 53.4 Å². The Balaban J connectivity index is 0.000000861. The summed E-state index contributed by atoms with van der Waals surface area (Å²) in [6, 6.07) is 17.7. The second-order valence-corrected chi connectivity index (χ2v) is 9.37. The van der Waals surface area contributed by atoms with Crippen LogP contribution in [0.4, 0.5) is 0 Å². The Morgan fingerprint density at radius 2 is 1.11 bits per heavy atom. The third-order valence-corrected chi connectivity index (χ3v) is 4.63. The van der Waals surface area contributed by atoms with Gasteiger partial charge in [0.1, 0.15) is 0 Å². The predicted molar refractivity (Wildman–Crippen MR) is 86.0 cm³/mol. The van der Waals surface area contributed by atoms with E-state index >= 15 is 0 Å². The van der Waals surface area contributed by atoms with Crippen molar-refractivity contribution < 1.29 is 22.3 Å². The van der Waals surface area contributed by atoms with Crippen molar-refractivity contribution in [3.8, 4) is 11.1 Å². The van der Waals surface area contributed by atoms with Crippen LogP contribution in [0.2, 0.25) is 0 Å². The minimum absolute atomic E-state index is 0.608. The van der Waals surface area contributed by atoms with Crippen LogP contribution in [0.25, 0.3) is 11.1 Å². The quantitative estimate of drug-likeness (QED) is 0.505. The van der Waals surface area contributed by atoms with Gasteiger partial charge >= 0.3 is 34.6 Å². The first kappa shape index (κ1) is 17.2. The molecule has 0 aromatic heterocycles. The molecule has 0 aliphatic rings. The molecule has 0 unspecified atom stereocenters. The third kappa shape index (κ3) is 5.23. The van der Waals surface area contributed by atoms with E-state index in [4.69, 9.17) is 0 Å². The van der Waals surface area contributed by atoms with Crippen molar-refractivity contribution in [2.45, 2.75) is 11.8 Å². The minimum atomic E-state index is -0.608. The summed E-state index contributed by atoms with van der Waals surface area (Å²) in [7, 11) is -0.608. The van der Waals surface area contributed by atoms with Crippen LogP contribution in [0.1, 0.15) is 5.56 Å². The van der Waals surface area contributed by atoms with Gasteiger partial charge < -0.3 is 0 Å². The Hall–Kier alpha value is 0.193. The summed E-state index contributed by atoms with van der Waals surface area (Å²) >= 11 is 4.28. The molecule has 1 radical (unpaired) electrons. The number of aryl methyl sites for hydroxylation is 1. The van der Waals surface area contributed by atoms with Crippen molar-refractivity contribution in [2.75, 3.05) is 18.8 Å². The van der Waals surface area contributed by atoms with Gasteiger partial charge in [0.15, 0.2) is 0 Å².